The molecule has 16 heavy (non-hydrogen) atoms. The van der Waals surface area contributed by atoms with Crippen LogP contribution in [0.4, 0.5) is 5.82 Å². The van der Waals surface area contributed by atoms with Gasteiger partial charge < -0.3 is 5.73 Å². The first-order chi connectivity index (χ1) is 7.60. The molecule has 80 valence electrons. The lowest BCUT2D eigenvalue weighted by Gasteiger charge is -2.01. The van der Waals surface area contributed by atoms with Crippen LogP contribution in [0.5, 0.6) is 0 Å². The van der Waals surface area contributed by atoms with Gasteiger partial charge in [-0.05, 0) is 28.9 Å². The molecule has 2 N–H and O–H groups in total. The van der Waals surface area contributed by atoms with E-state index in [0.29, 0.717) is 21.7 Å². The molecule has 0 radical (unpaired) electrons. The molecule has 0 atom stereocenters. The lowest BCUT2D eigenvalue weighted by atomic mass is 10.2. The van der Waals surface area contributed by atoms with E-state index >= 15 is 0 Å². The fourth-order valence-electron chi connectivity index (χ4n) is 1.32. The highest BCUT2D eigenvalue weighted by Gasteiger charge is 2.07. The summed E-state index contributed by atoms with van der Waals surface area (Å²) in [7, 11) is 0. The van der Waals surface area contributed by atoms with E-state index in [2.05, 4.69) is 32.1 Å². The maximum Gasteiger partial charge on any atom is 0.160 e. The number of aryl methyl sites for hydroxylation is 1. The second-order valence-corrected chi connectivity index (χ2v) is 4.13. The van der Waals surface area contributed by atoms with Gasteiger partial charge in [-0.15, -0.1) is 5.10 Å². The molecule has 0 aliphatic carbocycles. The van der Waals surface area contributed by atoms with Crippen LogP contribution in [0.25, 0.3) is 5.82 Å². The second kappa shape index (κ2) is 3.94. The van der Waals surface area contributed by atoms with Crippen LogP contribution in [0.3, 0.4) is 0 Å². The third kappa shape index (κ3) is 1.90. The summed E-state index contributed by atoms with van der Waals surface area (Å²) in [5.41, 5.74) is 6.93. The number of aromatic nitrogens is 3. The van der Waals surface area contributed by atoms with Crippen molar-refractivity contribution in [2.24, 2.45) is 0 Å². The molecule has 0 amide bonds. The van der Waals surface area contributed by atoms with Crippen LogP contribution in [0.2, 0.25) is 0 Å². The van der Waals surface area contributed by atoms with Gasteiger partial charge in [0.25, 0.3) is 0 Å². The normalized spacial score (nSPS) is 10.1. The van der Waals surface area contributed by atoms with Gasteiger partial charge in [0.05, 0.1) is 16.1 Å². The summed E-state index contributed by atoms with van der Waals surface area (Å²) in [4.78, 5) is 4.28. The van der Waals surface area contributed by atoms with Gasteiger partial charge in [0.1, 0.15) is 0 Å². The highest BCUT2D eigenvalue weighted by atomic mass is 79.9. The molecule has 0 fully saturated rings. The van der Waals surface area contributed by atoms with E-state index in [-0.39, 0.29) is 0 Å². The summed E-state index contributed by atoms with van der Waals surface area (Å²) in [6, 6.07) is 5.45. The van der Waals surface area contributed by atoms with Crippen LogP contribution in [0.15, 0.2) is 22.8 Å². The van der Waals surface area contributed by atoms with Crippen molar-refractivity contribution in [2.45, 2.75) is 6.92 Å². The molecule has 0 unspecified atom stereocenters. The summed E-state index contributed by atoms with van der Waals surface area (Å²) < 4.78 is 2.24. The first-order valence-electron chi connectivity index (χ1n) is 4.50. The molecular weight excluding hydrogens is 270 g/mol. The van der Waals surface area contributed by atoms with E-state index in [1.165, 1.54) is 4.68 Å². The summed E-state index contributed by atoms with van der Waals surface area (Å²) in [6.45, 7) is 1.83. The average molecular weight is 278 g/mol. The molecular formula is C10H8BrN5. The maximum atomic E-state index is 8.85. The highest BCUT2D eigenvalue weighted by Crippen LogP contribution is 2.19. The van der Waals surface area contributed by atoms with Crippen molar-refractivity contribution >= 4 is 21.7 Å². The Bertz CT molecular complexity index is 562. The van der Waals surface area contributed by atoms with Gasteiger partial charge in [0, 0.05) is 18.0 Å². The van der Waals surface area contributed by atoms with Crippen LogP contribution in [-0.4, -0.2) is 14.8 Å². The minimum absolute atomic E-state index is 0.391. The lowest BCUT2D eigenvalue weighted by Crippen LogP contribution is -2.01. The van der Waals surface area contributed by atoms with Crippen LogP contribution in [0.1, 0.15) is 11.3 Å². The topological polar surface area (TPSA) is 80.5 Å². The number of nitriles is 1. The Kier molecular flexibility index (Phi) is 2.62. The Morgan fingerprint density at radius 1 is 1.50 bits per heavy atom. The molecule has 0 aromatic carbocycles. The minimum atomic E-state index is 0.391. The van der Waals surface area contributed by atoms with Crippen molar-refractivity contribution < 1.29 is 0 Å². The number of hydrogen-bond donors (Lipinski definition) is 1. The first-order valence-corrected chi connectivity index (χ1v) is 5.29. The SMILES string of the molecule is Cc1cc(C#N)cc(-n2cc(Br)c(N)n2)n1. The lowest BCUT2D eigenvalue weighted by molar-refractivity contribution is 0.844. The van der Waals surface area contributed by atoms with E-state index in [9.17, 15) is 0 Å². The molecule has 6 heteroatoms. The van der Waals surface area contributed by atoms with Gasteiger partial charge in [-0.1, -0.05) is 0 Å². The van der Waals surface area contributed by atoms with Crippen molar-refractivity contribution in [1.82, 2.24) is 14.8 Å². The van der Waals surface area contributed by atoms with E-state index in [1.807, 2.05) is 6.92 Å². The molecule has 0 saturated heterocycles. The van der Waals surface area contributed by atoms with E-state index in [4.69, 9.17) is 11.0 Å². The standard InChI is InChI=1S/C10H8BrN5/c1-6-2-7(4-12)3-9(14-6)16-5-8(11)10(13)15-16/h2-3,5H,1H3,(H2,13,15). The van der Waals surface area contributed by atoms with Crippen molar-refractivity contribution in [3.05, 3.63) is 34.1 Å². The van der Waals surface area contributed by atoms with E-state index in [1.54, 1.807) is 18.3 Å². The molecule has 0 bridgehead atoms. The second-order valence-electron chi connectivity index (χ2n) is 3.27. The first kappa shape index (κ1) is 10.6. The molecule has 2 heterocycles. The fourth-order valence-corrected chi connectivity index (χ4v) is 1.59. The zero-order chi connectivity index (χ0) is 11.7. The Morgan fingerprint density at radius 3 is 2.81 bits per heavy atom. The fraction of sp³-hybridized carbons (Fsp3) is 0.100. The quantitative estimate of drug-likeness (QED) is 0.862. The zero-order valence-corrected chi connectivity index (χ0v) is 10.1. The Morgan fingerprint density at radius 2 is 2.25 bits per heavy atom. The summed E-state index contributed by atoms with van der Waals surface area (Å²) in [6.07, 6.45) is 1.71. The number of nitrogen functional groups attached to an aromatic ring is 1. The highest BCUT2D eigenvalue weighted by molar-refractivity contribution is 9.10. The molecule has 0 spiro atoms. The zero-order valence-electron chi connectivity index (χ0n) is 8.48. The molecule has 0 aliphatic rings. The number of anilines is 1. The summed E-state index contributed by atoms with van der Waals surface area (Å²) in [5.74, 6) is 0.968. The average Bonchev–Trinajstić information content (AvgIpc) is 2.58. The van der Waals surface area contributed by atoms with Gasteiger partial charge in [0.2, 0.25) is 0 Å². The molecule has 0 saturated carbocycles. The monoisotopic (exact) mass is 277 g/mol. The van der Waals surface area contributed by atoms with Gasteiger partial charge in [-0.3, -0.25) is 0 Å². The van der Waals surface area contributed by atoms with Crippen LogP contribution < -0.4 is 5.73 Å². The number of halogens is 1. The number of nitrogens with zero attached hydrogens (tertiary/aromatic N) is 4. The van der Waals surface area contributed by atoms with Crippen molar-refractivity contribution in [3.8, 4) is 11.9 Å². The van der Waals surface area contributed by atoms with Crippen LogP contribution >= 0.6 is 15.9 Å². The van der Waals surface area contributed by atoms with Crippen LogP contribution in [0, 0.1) is 18.3 Å². The van der Waals surface area contributed by atoms with Gasteiger partial charge >= 0.3 is 0 Å². The minimum Gasteiger partial charge on any atom is -0.381 e. The Balaban J connectivity index is 2.56. The largest absolute Gasteiger partial charge is 0.381 e. The molecule has 0 aliphatic heterocycles. The molecule has 5 nitrogen and oxygen atoms in total. The van der Waals surface area contributed by atoms with Crippen LogP contribution in [-0.2, 0) is 0 Å². The van der Waals surface area contributed by atoms with E-state index < -0.39 is 0 Å². The predicted octanol–water partition coefficient (Wildman–Crippen LogP) is 1.79. The Hall–Kier alpha value is -1.87. The third-order valence-corrected chi connectivity index (χ3v) is 2.61. The van der Waals surface area contributed by atoms with Crippen molar-refractivity contribution in [2.75, 3.05) is 5.73 Å². The summed E-state index contributed by atoms with van der Waals surface area (Å²) >= 11 is 3.27. The summed E-state index contributed by atoms with van der Waals surface area (Å²) in [5, 5.41) is 12.9. The van der Waals surface area contributed by atoms with Gasteiger partial charge in [-0.2, -0.15) is 5.26 Å². The van der Waals surface area contributed by atoms with Gasteiger partial charge in [-0.25, -0.2) is 9.67 Å². The Labute approximate surface area is 101 Å². The predicted molar refractivity (Wildman–Crippen MR) is 62.9 cm³/mol. The van der Waals surface area contributed by atoms with Gasteiger partial charge in [0.15, 0.2) is 11.6 Å². The van der Waals surface area contributed by atoms with Crippen molar-refractivity contribution in [3.63, 3.8) is 0 Å². The number of nitrogens with two attached hydrogens (primary N) is 1. The molecule has 2 aromatic rings. The number of pyridine rings is 1. The third-order valence-electron chi connectivity index (χ3n) is 2.00. The smallest absolute Gasteiger partial charge is 0.160 e. The maximum absolute atomic E-state index is 8.85. The van der Waals surface area contributed by atoms with Crippen molar-refractivity contribution in [1.29, 1.82) is 5.26 Å². The van der Waals surface area contributed by atoms with E-state index in [0.717, 1.165) is 5.69 Å². The molecule has 2 aromatic heterocycles. The molecule has 2 rings (SSSR count). The number of hydrogen-bond acceptors (Lipinski definition) is 4. The number of rotatable bonds is 1.